The Morgan fingerprint density at radius 2 is 1.04 bits per heavy atom. The maximum atomic E-state index is 10.7. The first-order valence-corrected chi connectivity index (χ1v) is 9.26. The van der Waals surface area contributed by atoms with Crippen molar-refractivity contribution in [2.24, 2.45) is 23.7 Å². The lowest BCUT2D eigenvalue weighted by Crippen LogP contribution is -2.28. The molecule has 4 N–H and O–H groups in total. The summed E-state index contributed by atoms with van der Waals surface area (Å²) in [5.74, 6) is -1.08. The predicted molar refractivity (Wildman–Crippen MR) is 90.5 cm³/mol. The average Bonchev–Trinajstić information content (AvgIpc) is 3.48. The van der Waals surface area contributed by atoms with Gasteiger partial charge in [-0.05, 0) is 37.5 Å². The zero-order valence-corrected chi connectivity index (χ0v) is 15.3. The van der Waals surface area contributed by atoms with Crippen LogP contribution in [0.4, 0.5) is 0 Å². The van der Waals surface area contributed by atoms with Gasteiger partial charge in [-0.2, -0.15) is 0 Å². The number of aliphatic carboxylic acids is 2. The standard InChI is InChI=1S/2C8H12O3.C2H6O2/c2*1-4-2-6-7(11-6)3-5(4)8(9)10;3-1-2-4/h2*4-7H,2-3H2,1H3,(H,9,10);3-4H,1-2H2. The first kappa shape index (κ1) is 21.1. The van der Waals surface area contributed by atoms with Gasteiger partial charge in [-0.3, -0.25) is 9.59 Å². The Morgan fingerprint density at radius 3 is 1.31 bits per heavy atom. The molecule has 0 aromatic heterocycles. The number of fused-ring (bicyclic) bond motifs is 2. The number of aliphatic hydroxyl groups is 2. The molecule has 0 bridgehead atoms. The Bertz CT molecular complexity index is 452. The van der Waals surface area contributed by atoms with Gasteiger partial charge in [0.1, 0.15) is 0 Å². The van der Waals surface area contributed by atoms with Crippen molar-refractivity contribution in [1.29, 1.82) is 0 Å². The highest BCUT2D eigenvalue weighted by Crippen LogP contribution is 2.43. The molecule has 0 radical (unpaired) electrons. The highest BCUT2D eigenvalue weighted by Gasteiger charge is 2.49. The Morgan fingerprint density at radius 1 is 0.731 bits per heavy atom. The number of rotatable bonds is 3. The van der Waals surface area contributed by atoms with Crippen LogP contribution < -0.4 is 0 Å². The van der Waals surface area contributed by atoms with E-state index in [0.717, 1.165) is 25.7 Å². The van der Waals surface area contributed by atoms with E-state index in [-0.39, 0.29) is 49.1 Å². The van der Waals surface area contributed by atoms with Gasteiger partial charge in [-0.15, -0.1) is 0 Å². The molecule has 0 amide bonds. The van der Waals surface area contributed by atoms with E-state index >= 15 is 0 Å². The Kier molecular flexibility index (Phi) is 7.40. The van der Waals surface area contributed by atoms with Crippen molar-refractivity contribution in [2.45, 2.75) is 63.9 Å². The molecule has 8 heteroatoms. The Labute approximate surface area is 153 Å². The molecule has 8 nitrogen and oxygen atoms in total. The topological polar surface area (TPSA) is 140 Å². The van der Waals surface area contributed by atoms with E-state index < -0.39 is 11.9 Å². The lowest BCUT2D eigenvalue weighted by Gasteiger charge is -2.21. The van der Waals surface area contributed by atoms with Gasteiger partial charge in [-0.25, -0.2) is 0 Å². The molecule has 0 aromatic rings. The second-order valence-electron chi connectivity index (χ2n) is 7.66. The number of carboxylic acid groups (broad SMARTS) is 2. The molecular formula is C18H30O8. The fourth-order valence-electron chi connectivity index (χ4n) is 3.90. The third-order valence-corrected chi connectivity index (χ3v) is 5.66. The van der Waals surface area contributed by atoms with Crippen LogP contribution in [0.15, 0.2) is 0 Å². The lowest BCUT2D eigenvalue weighted by molar-refractivity contribution is -0.145. The highest BCUT2D eigenvalue weighted by molar-refractivity contribution is 5.71. The minimum absolute atomic E-state index is 0.125. The summed E-state index contributed by atoms with van der Waals surface area (Å²) in [6.07, 6.45) is 4.63. The minimum Gasteiger partial charge on any atom is -0.481 e. The van der Waals surface area contributed by atoms with Gasteiger partial charge in [0.15, 0.2) is 0 Å². The van der Waals surface area contributed by atoms with Crippen LogP contribution in [0.2, 0.25) is 0 Å². The van der Waals surface area contributed by atoms with Crippen molar-refractivity contribution >= 4 is 11.9 Å². The number of carbonyl (C=O) groups is 2. The smallest absolute Gasteiger partial charge is 0.306 e. The third-order valence-electron chi connectivity index (χ3n) is 5.66. The van der Waals surface area contributed by atoms with Crippen LogP contribution in [0.3, 0.4) is 0 Å². The first-order chi connectivity index (χ1) is 12.3. The monoisotopic (exact) mass is 374 g/mol. The zero-order chi connectivity index (χ0) is 19.4. The predicted octanol–water partition coefficient (Wildman–Crippen LogP) is 0.740. The molecule has 4 fully saturated rings. The Hall–Kier alpha value is -1.22. The van der Waals surface area contributed by atoms with Crippen molar-refractivity contribution in [3.8, 4) is 0 Å². The number of ether oxygens (including phenoxy) is 2. The Balaban J connectivity index is 0.000000156. The summed E-state index contributed by atoms with van der Waals surface area (Å²) in [6, 6.07) is 0. The van der Waals surface area contributed by atoms with Crippen LogP contribution in [0.25, 0.3) is 0 Å². The molecule has 2 saturated carbocycles. The van der Waals surface area contributed by atoms with Crippen LogP contribution in [-0.4, -0.2) is 70.0 Å². The van der Waals surface area contributed by atoms with Crippen LogP contribution in [-0.2, 0) is 19.1 Å². The summed E-state index contributed by atoms with van der Waals surface area (Å²) in [4.78, 5) is 21.3. The normalized spacial score (nSPS) is 41.8. The maximum absolute atomic E-state index is 10.7. The fraction of sp³-hybridized carbons (Fsp3) is 0.889. The van der Waals surface area contributed by atoms with Crippen LogP contribution in [0.5, 0.6) is 0 Å². The number of aliphatic hydroxyl groups excluding tert-OH is 2. The van der Waals surface area contributed by atoms with Gasteiger partial charge in [0.2, 0.25) is 0 Å². The van der Waals surface area contributed by atoms with Crippen molar-refractivity contribution in [3.63, 3.8) is 0 Å². The number of hydrogen-bond donors (Lipinski definition) is 4. The van der Waals surface area contributed by atoms with E-state index in [4.69, 9.17) is 29.9 Å². The molecule has 8 atom stereocenters. The molecule has 2 aliphatic carbocycles. The quantitative estimate of drug-likeness (QED) is 0.530. The summed E-state index contributed by atoms with van der Waals surface area (Å²) in [6.45, 7) is 3.74. The second kappa shape index (κ2) is 9.12. The molecule has 150 valence electrons. The first-order valence-electron chi connectivity index (χ1n) is 9.26. The highest BCUT2D eigenvalue weighted by atomic mass is 16.6. The van der Waals surface area contributed by atoms with Gasteiger partial charge in [-0.1, -0.05) is 13.8 Å². The van der Waals surface area contributed by atoms with Crippen molar-refractivity contribution < 1.29 is 39.5 Å². The summed E-state index contributed by atoms with van der Waals surface area (Å²) >= 11 is 0. The van der Waals surface area contributed by atoms with E-state index in [1.807, 2.05) is 13.8 Å². The van der Waals surface area contributed by atoms with Gasteiger partial charge in [0.05, 0.1) is 49.5 Å². The van der Waals surface area contributed by atoms with E-state index in [9.17, 15) is 9.59 Å². The van der Waals surface area contributed by atoms with Crippen molar-refractivity contribution in [1.82, 2.24) is 0 Å². The minimum atomic E-state index is -0.661. The molecule has 2 aliphatic heterocycles. The molecule has 4 aliphatic rings. The van der Waals surface area contributed by atoms with Gasteiger partial charge >= 0.3 is 11.9 Å². The largest absolute Gasteiger partial charge is 0.481 e. The van der Waals surface area contributed by atoms with Crippen molar-refractivity contribution in [2.75, 3.05) is 13.2 Å². The summed E-state index contributed by atoms with van der Waals surface area (Å²) in [7, 11) is 0. The molecule has 2 saturated heterocycles. The van der Waals surface area contributed by atoms with E-state index in [2.05, 4.69) is 0 Å². The number of epoxide rings is 2. The van der Waals surface area contributed by atoms with E-state index in [0.29, 0.717) is 12.2 Å². The van der Waals surface area contributed by atoms with Gasteiger partial charge in [0.25, 0.3) is 0 Å². The lowest BCUT2D eigenvalue weighted by atomic mass is 9.81. The third kappa shape index (κ3) is 5.64. The van der Waals surface area contributed by atoms with E-state index in [1.165, 1.54) is 0 Å². The van der Waals surface area contributed by atoms with E-state index in [1.54, 1.807) is 0 Å². The molecule has 0 spiro atoms. The molecule has 0 aromatic carbocycles. The number of hydrogen-bond acceptors (Lipinski definition) is 6. The summed E-state index contributed by atoms with van der Waals surface area (Å²) < 4.78 is 10.5. The molecule has 4 rings (SSSR count). The maximum Gasteiger partial charge on any atom is 0.306 e. The SMILES string of the molecule is CC1CC2OC2CC1C(=O)O.CC1CC2OC2CC1C(=O)O.OCCO. The molecule has 8 unspecified atom stereocenters. The fourth-order valence-corrected chi connectivity index (χ4v) is 3.90. The van der Waals surface area contributed by atoms with Crippen LogP contribution >= 0.6 is 0 Å². The van der Waals surface area contributed by atoms with Crippen LogP contribution in [0.1, 0.15) is 39.5 Å². The molecular weight excluding hydrogens is 344 g/mol. The van der Waals surface area contributed by atoms with Crippen molar-refractivity contribution in [3.05, 3.63) is 0 Å². The molecule has 26 heavy (non-hydrogen) atoms. The second-order valence-corrected chi connectivity index (χ2v) is 7.66. The average molecular weight is 374 g/mol. The molecule has 2 heterocycles. The number of carboxylic acids is 2. The summed E-state index contributed by atoms with van der Waals surface area (Å²) in [5, 5.41) is 32.8. The van der Waals surface area contributed by atoms with Crippen LogP contribution in [0, 0.1) is 23.7 Å². The van der Waals surface area contributed by atoms with Gasteiger partial charge < -0.3 is 29.9 Å². The zero-order valence-electron chi connectivity index (χ0n) is 15.3. The summed E-state index contributed by atoms with van der Waals surface area (Å²) in [5.41, 5.74) is 0. The van der Waals surface area contributed by atoms with Gasteiger partial charge in [0, 0.05) is 0 Å².